The van der Waals surface area contributed by atoms with Gasteiger partial charge in [0.15, 0.2) is 5.75 Å². The Bertz CT molecular complexity index is 1380. The number of benzene rings is 3. The molecule has 174 valence electrons. The lowest BCUT2D eigenvalue weighted by Gasteiger charge is -2.25. The molecule has 0 fully saturated rings. The Labute approximate surface area is 194 Å². The summed E-state index contributed by atoms with van der Waals surface area (Å²) < 4.78 is 32.8. The molecule has 0 amide bonds. The molecule has 0 aliphatic heterocycles. The van der Waals surface area contributed by atoms with Crippen LogP contribution in [0.15, 0.2) is 76.3 Å². The van der Waals surface area contributed by atoms with E-state index in [4.69, 9.17) is 4.74 Å². The molecule has 1 unspecified atom stereocenters. The second-order valence-corrected chi connectivity index (χ2v) is 7.93. The van der Waals surface area contributed by atoms with Crippen molar-refractivity contribution in [2.45, 2.75) is 19.0 Å². The van der Waals surface area contributed by atoms with Gasteiger partial charge in [0.2, 0.25) is 0 Å². The molecule has 3 N–H and O–H groups in total. The highest BCUT2D eigenvalue weighted by atomic mass is 19.1. The van der Waals surface area contributed by atoms with Gasteiger partial charge >= 0.3 is 0 Å². The Morgan fingerprint density at radius 1 is 0.853 bits per heavy atom. The average Bonchev–Trinajstić information content (AvgIpc) is 2.84. The van der Waals surface area contributed by atoms with Gasteiger partial charge in [-0.25, -0.2) is 8.78 Å². The second kappa shape index (κ2) is 9.44. The first kappa shape index (κ1) is 23.1. The molecule has 0 spiro atoms. The minimum atomic E-state index is -0.924. The van der Waals surface area contributed by atoms with Crippen molar-refractivity contribution in [2.24, 2.45) is 0 Å². The van der Waals surface area contributed by atoms with Crippen LogP contribution in [0.4, 0.5) is 20.2 Å². The van der Waals surface area contributed by atoms with Crippen LogP contribution >= 0.6 is 0 Å². The zero-order valence-corrected chi connectivity index (χ0v) is 18.4. The van der Waals surface area contributed by atoms with Crippen molar-refractivity contribution < 1.29 is 18.6 Å². The molecule has 0 saturated carbocycles. The molecule has 0 aromatic heterocycles. The molecule has 0 aliphatic rings. The predicted molar refractivity (Wildman–Crippen MR) is 125 cm³/mol. The number of ether oxygens (including phenoxy) is 1. The molecular weight excluding hydrogens is 442 g/mol. The van der Waals surface area contributed by atoms with Gasteiger partial charge in [0, 0.05) is 17.8 Å². The number of nitrogens with one attached hydrogen (secondary N) is 2. The van der Waals surface area contributed by atoms with Crippen molar-refractivity contribution in [2.75, 3.05) is 12.4 Å². The van der Waals surface area contributed by atoms with E-state index in [0.29, 0.717) is 17.0 Å². The molecule has 0 aliphatic carbocycles. The lowest BCUT2D eigenvalue weighted by atomic mass is 9.96. The fraction of sp³-hybridized carbons (Fsp3) is 0.154. The average molecular weight is 464 g/mol. The van der Waals surface area contributed by atoms with Crippen LogP contribution in [-0.2, 0) is 0 Å². The predicted octanol–water partition coefficient (Wildman–Crippen LogP) is 4.46. The van der Waals surface area contributed by atoms with E-state index in [1.54, 1.807) is 44.4 Å². The van der Waals surface area contributed by atoms with Crippen molar-refractivity contribution >= 4 is 11.4 Å². The first-order chi connectivity index (χ1) is 16.3. The summed E-state index contributed by atoms with van der Waals surface area (Å²) in [7, 11) is 1.57. The van der Waals surface area contributed by atoms with Crippen LogP contribution in [0.2, 0.25) is 0 Å². The fourth-order valence-electron chi connectivity index (χ4n) is 3.79. The van der Waals surface area contributed by atoms with Crippen LogP contribution in [-0.4, -0.2) is 12.2 Å². The molecule has 6 nitrogen and oxygen atoms in total. The monoisotopic (exact) mass is 464 g/mol. The van der Waals surface area contributed by atoms with E-state index >= 15 is 0 Å². The van der Waals surface area contributed by atoms with E-state index in [1.165, 1.54) is 12.1 Å². The molecule has 0 heterocycles. The highest BCUT2D eigenvalue weighted by Crippen LogP contribution is 2.30. The number of hydrogen-bond acceptors (Lipinski definition) is 6. The van der Waals surface area contributed by atoms with Gasteiger partial charge in [-0.15, -0.1) is 0 Å². The lowest BCUT2D eigenvalue weighted by molar-refractivity contribution is 0.414. The molecule has 4 rings (SSSR count). The maximum atomic E-state index is 13.8. The van der Waals surface area contributed by atoms with Crippen LogP contribution in [0.1, 0.15) is 35.7 Å². The quantitative estimate of drug-likeness (QED) is 0.334. The summed E-state index contributed by atoms with van der Waals surface area (Å²) in [5, 5.41) is 15.9. The number of anilines is 2. The summed E-state index contributed by atoms with van der Waals surface area (Å²) in [5.41, 5.74) is 0.709. The van der Waals surface area contributed by atoms with Gasteiger partial charge in [-0.2, -0.15) is 0 Å². The molecule has 0 radical (unpaired) electrons. The number of aromatic hydroxyl groups is 1. The summed E-state index contributed by atoms with van der Waals surface area (Å²) in [6.45, 7) is 1.80. The summed E-state index contributed by atoms with van der Waals surface area (Å²) in [6.07, 6.45) is 0. The van der Waals surface area contributed by atoms with Gasteiger partial charge < -0.3 is 15.2 Å². The summed E-state index contributed by atoms with van der Waals surface area (Å²) in [4.78, 5) is 23.0. The van der Waals surface area contributed by atoms with Gasteiger partial charge in [0.1, 0.15) is 23.1 Å². The van der Waals surface area contributed by atoms with Crippen molar-refractivity contribution in [1.82, 2.24) is 5.32 Å². The Kier molecular flexibility index (Phi) is 6.43. The van der Waals surface area contributed by atoms with Crippen LogP contribution in [0.25, 0.3) is 0 Å². The Balaban J connectivity index is 1.69. The summed E-state index contributed by atoms with van der Waals surface area (Å²) >= 11 is 0. The Morgan fingerprint density at radius 3 is 2.15 bits per heavy atom. The van der Waals surface area contributed by atoms with Crippen LogP contribution in [0, 0.1) is 11.6 Å². The summed E-state index contributed by atoms with van der Waals surface area (Å²) in [5.74, 6) is -1.25. The Hall–Kier alpha value is -4.04. The normalized spacial score (nSPS) is 12.9. The maximum Gasteiger partial charge on any atom is 0.271 e. The topological polar surface area (TPSA) is 87.7 Å². The van der Waals surface area contributed by atoms with Gasteiger partial charge in [-0.3, -0.25) is 14.9 Å². The minimum Gasteiger partial charge on any atom is -0.502 e. The van der Waals surface area contributed by atoms with E-state index < -0.39 is 40.3 Å². The third kappa shape index (κ3) is 4.67. The first-order valence-corrected chi connectivity index (χ1v) is 10.5. The van der Waals surface area contributed by atoms with Crippen LogP contribution < -0.4 is 26.2 Å². The van der Waals surface area contributed by atoms with E-state index in [9.17, 15) is 23.5 Å². The van der Waals surface area contributed by atoms with Crippen molar-refractivity contribution in [3.63, 3.8) is 0 Å². The molecule has 8 heteroatoms. The molecule has 4 aromatic rings. The maximum absolute atomic E-state index is 13.8. The fourth-order valence-corrected chi connectivity index (χ4v) is 3.79. The smallest absolute Gasteiger partial charge is 0.271 e. The van der Waals surface area contributed by atoms with Crippen LogP contribution in [0.5, 0.6) is 11.5 Å². The molecule has 0 saturated heterocycles. The zero-order valence-electron chi connectivity index (χ0n) is 18.4. The first-order valence-electron chi connectivity index (χ1n) is 10.5. The summed E-state index contributed by atoms with van der Waals surface area (Å²) in [6, 6.07) is 17.0. The number of methoxy groups -OCH3 is 1. The largest absolute Gasteiger partial charge is 0.502 e. The lowest BCUT2D eigenvalue weighted by Crippen LogP contribution is -2.32. The van der Waals surface area contributed by atoms with Gasteiger partial charge in [-0.1, -0.05) is 24.3 Å². The molecule has 4 aromatic carbocycles. The van der Waals surface area contributed by atoms with Crippen molar-refractivity contribution in [1.29, 1.82) is 0 Å². The van der Waals surface area contributed by atoms with Gasteiger partial charge in [-0.05, 0) is 60.0 Å². The van der Waals surface area contributed by atoms with E-state index in [-0.39, 0.29) is 5.69 Å². The second-order valence-electron chi connectivity index (χ2n) is 7.93. The standard InChI is InChI=1S/C26H22F2N2O4/c1-14(17-10-18(27)13-19(28)11-17)29-22(15-6-8-21(34-2)9-7-15)16-4-3-5-20(12-16)30-23-24(31)26(33)25(23)32/h3-14,22,29-31H,1-2H3/t14-,22?/m1/s1. The van der Waals surface area contributed by atoms with Crippen LogP contribution in [0.3, 0.4) is 0 Å². The van der Waals surface area contributed by atoms with E-state index in [2.05, 4.69) is 10.6 Å². The molecule has 34 heavy (non-hydrogen) atoms. The number of hydrogen-bond donors (Lipinski definition) is 3. The van der Waals surface area contributed by atoms with E-state index in [1.807, 2.05) is 18.2 Å². The highest BCUT2D eigenvalue weighted by Gasteiger charge is 2.22. The SMILES string of the molecule is COc1ccc(C(N[C@H](C)c2cc(F)cc(F)c2)c2cccc(Nc3c(O)c(=O)c3=O)c2)cc1. The molecule has 0 bridgehead atoms. The minimum absolute atomic E-state index is 0.153. The molecule has 2 atom stereocenters. The Morgan fingerprint density at radius 2 is 1.53 bits per heavy atom. The highest BCUT2D eigenvalue weighted by molar-refractivity contribution is 5.69. The third-order valence-electron chi connectivity index (χ3n) is 5.63. The van der Waals surface area contributed by atoms with Crippen molar-refractivity contribution in [3.8, 4) is 11.5 Å². The van der Waals surface area contributed by atoms with Gasteiger partial charge in [0.25, 0.3) is 10.9 Å². The van der Waals surface area contributed by atoms with Gasteiger partial charge in [0.05, 0.1) is 13.2 Å². The number of rotatable bonds is 8. The third-order valence-corrected chi connectivity index (χ3v) is 5.63. The van der Waals surface area contributed by atoms with Crippen molar-refractivity contribution in [3.05, 3.63) is 116 Å². The zero-order chi connectivity index (χ0) is 24.4. The number of halogens is 2. The molecular formula is C26H22F2N2O4. The van der Waals surface area contributed by atoms with E-state index in [0.717, 1.165) is 17.2 Å².